The largest absolute Gasteiger partial charge is 0.367 e. The Bertz CT molecular complexity index is 1030. The maximum atomic E-state index is 12.4. The summed E-state index contributed by atoms with van der Waals surface area (Å²) in [5.74, 6) is 1.55. The highest BCUT2D eigenvalue weighted by atomic mass is 35.5. The van der Waals surface area contributed by atoms with Gasteiger partial charge in [0, 0.05) is 47.8 Å². The average Bonchev–Trinajstić information content (AvgIpc) is 2.80. The molecule has 3 aromatic rings. The highest BCUT2D eigenvalue weighted by molar-refractivity contribution is 6.30. The maximum Gasteiger partial charge on any atom is 0.257 e. The Morgan fingerprint density at radius 2 is 1.97 bits per heavy atom. The lowest BCUT2D eigenvalue weighted by Gasteiger charge is -2.33. The molecule has 1 aromatic carbocycles. The number of rotatable bonds is 6. The molecular weight excluding hydrogens is 412 g/mol. The second kappa shape index (κ2) is 9.75. The summed E-state index contributed by atoms with van der Waals surface area (Å²) in [5, 5.41) is 6.88. The van der Waals surface area contributed by atoms with Crippen molar-refractivity contribution in [2.75, 3.05) is 28.6 Å². The number of benzene rings is 1. The van der Waals surface area contributed by atoms with Crippen molar-refractivity contribution in [2.24, 2.45) is 0 Å². The third-order valence-corrected chi connectivity index (χ3v) is 5.59. The summed E-state index contributed by atoms with van der Waals surface area (Å²) in [7, 11) is 0. The molecule has 1 aliphatic heterocycles. The highest BCUT2D eigenvalue weighted by Gasteiger charge is 2.20. The number of aromatic nitrogens is 3. The van der Waals surface area contributed by atoms with E-state index < -0.39 is 0 Å². The van der Waals surface area contributed by atoms with E-state index in [4.69, 9.17) is 11.6 Å². The molecule has 3 heterocycles. The summed E-state index contributed by atoms with van der Waals surface area (Å²) >= 11 is 5.96. The van der Waals surface area contributed by atoms with Gasteiger partial charge < -0.3 is 15.5 Å². The summed E-state index contributed by atoms with van der Waals surface area (Å²) in [6.07, 6.45) is 6.12. The van der Waals surface area contributed by atoms with Gasteiger partial charge >= 0.3 is 0 Å². The van der Waals surface area contributed by atoms with E-state index in [-0.39, 0.29) is 5.91 Å². The number of piperidine rings is 1. The van der Waals surface area contributed by atoms with Gasteiger partial charge in [-0.3, -0.25) is 4.79 Å². The van der Waals surface area contributed by atoms with Gasteiger partial charge in [0.25, 0.3) is 5.91 Å². The molecule has 0 saturated carbocycles. The van der Waals surface area contributed by atoms with Crippen molar-refractivity contribution in [1.82, 2.24) is 15.0 Å². The van der Waals surface area contributed by atoms with Crippen molar-refractivity contribution in [3.05, 3.63) is 71.3 Å². The Kier molecular flexibility index (Phi) is 6.62. The monoisotopic (exact) mass is 436 g/mol. The van der Waals surface area contributed by atoms with Crippen LogP contribution >= 0.6 is 11.6 Å². The Morgan fingerprint density at radius 3 is 2.68 bits per heavy atom. The smallest absolute Gasteiger partial charge is 0.257 e. The van der Waals surface area contributed by atoms with Gasteiger partial charge in [0.05, 0.1) is 5.56 Å². The fourth-order valence-corrected chi connectivity index (χ4v) is 3.79. The van der Waals surface area contributed by atoms with Crippen molar-refractivity contribution in [2.45, 2.75) is 32.2 Å². The number of anilines is 3. The molecule has 1 amide bonds. The van der Waals surface area contributed by atoms with Crippen molar-refractivity contribution in [3.63, 3.8) is 0 Å². The SMILES string of the molecule is CCc1cc(N2CCC(Nc3ccc(C(=O)Nc4cccc(Cl)c4)cn3)CC2)ncn1. The lowest BCUT2D eigenvalue weighted by molar-refractivity contribution is 0.102. The number of aryl methyl sites for hydroxylation is 1. The van der Waals surface area contributed by atoms with Crippen LogP contribution in [0.2, 0.25) is 5.02 Å². The fraction of sp³-hybridized carbons (Fsp3) is 0.304. The van der Waals surface area contributed by atoms with Crippen LogP contribution in [0.3, 0.4) is 0 Å². The van der Waals surface area contributed by atoms with Gasteiger partial charge in [-0.25, -0.2) is 15.0 Å². The lowest BCUT2D eigenvalue weighted by atomic mass is 10.0. The Balaban J connectivity index is 1.30. The van der Waals surface area contributed by atoms with E-state index in [1.807, 2.05) is 6.07 Å². The van der Waals surface area contributed by atoms with Crippen LogP contribution in [-0.2, 0) is 6.42 Å². The molecule has 0 aliphatic carbocycles. The number of amides is 1. The summed E-state index contributed by atoms with van der Waals surface area (Å²) in [6.45, 7) is 3.96. The molecule has 1 fully saturated rings. The normalized spacial score (nSPS) is 14.3. The van der Waals surface area contributed by atoms with Crippen LogP contribution in [-0.4, -0.2) is 40.0 Å². The molecule has 160 valence electrons. The van der Waals surface area contributed by atoms with Gasteiger partial charge in [0.1, 0.15) is 18.0 Å². The first-order chi connectivity index (χ1) is 15.1. The van der Waals surface area contributed by atoms with Crippen LogP contribution in [0.1, 0.15) is 35.8 Å². The molecule has 8 heteroatoms. The maximum absolute atomic E-state index is 12.4. The first-order valence-electron chi connectivity index (χ1n) is 10.5. The zero-order valence-corrected chi connectivity index (χ0v) is 18.1. The first kappa shape index (κ1) is 21.1. The van der Waals surface area contributed by atoms with E-state index in [9.17, 15) is 4.79 Å². The number of pyridine rings is 1. The van der Waals surface area contributed by atoms with Gasteiger partial charge in [-0.15, -0.1) is 0 Å². The van der Waals surface area contributed by atoms with Gasteiger partial charge in [-0.05, 0) is 49.6 Å². The number of carbonyl (C=O) groups is 1. The number of halogens is 1. The first-order valence-corrected chi connectivity index (χ1v) is 10.8. The number of hydrogen-bond acceptors (Lipinski definition) is 6. The predicted molar refractivity (Wildman–Crippen MR) is 124 cm³/mol. The van der Waals surface area contributed by atoms with E-state index >= 15 is 0 Å². The van der Waals surface area contributed by atoms with Crippen LogP contribution in [0.5, 0.6) is 0 Å². The average molecular weight is 437 g/mol. The van der Waals surface area contributed by atoms with Crippen LogP contribution in [0.25, 0.3) is 0 Å². The number of nitrogens with zero attached hydrogens (tertiary/aromatic N) is 4. The zero-order chi connectivity index (χ0) is 21.6. The minimum Gasteiger partial charge on any atom is -0.367 e. The van der Waals surface area contributed by atoms with E-state index in [0.29, 0.717) is 22.3 Å². The van der Waals surface area contributed by atoms with E-state index in [2.05, 4.69) is 43.5 Å². The van der Waals surface area contributed by atoms with Crippen molar-refractivity contribution in [1.29, 1.82) is 0 Å². The fourth-order valence-electron chi connectivity index (χ4n) is 3.60. The number of nitrogens with one attached hydrogen (secondary N) is 2. The molecule has 7 nitrogen and oxygen atoms in total. The van der Waals surface area contributed by atoms with Crippen molar-refractivity contribution >= 4 is 34.8 Å². The third-order valence-electron chi connectivity index (χ3n) is 5.35. The molecule has 1 aliphatic rings. The lowest BCUT2D eigenvalue weighted by Crippen LogP contribution is -2.39. The van der Waals surface area contributed by atoms with Gasteiger partial charge in [0.15, 0.2) is 0 Å². The minimum atomic E-state index is -0.217. The molecule has 0 radical (unpaired) electrons. The molecule has 2 aromatic heterocycles. The summed E-state index contributed by atoms with van der Waals surface area (Å²) in [4.78, 5) is 27.8. The Morgan fingerprint density at radius 1 is 1.13 bits per heavy atom. The summed E-state index contributed by atoms with van der Waals surface area (Å²) in [5.41, 5.74) is 2.21. The minimum absolute atomic E-state index is 0.217. The Labute approximate surface area is 186 Å². The highest BCUT2D eigenvalue weighted by Crippen LogP contribution is 2.21. The molecular formula is C23H25ClN6O. The number of carbonyl (C=O) groups excluding carboxylic acids is 1. The van der Waals surface area contributed by atoms with Gasteiger partial charge in [-0.2, -0.15) is 0 Å². The van der Waals surface area contributed by atoms with Crippen LogP contribution in [0.4, 0.5) is 17.3 Å². The molecule has 0 spiro atoms. The van der Waals surface area contributed by atoms with Gasteiger partial charge in [-0.1, -0.05) is 24.6 Å². The van der Waals surface area contributed by atoms with E-state index in [1.54, 1.807) is 42.9 Å². The quantitative estimate of drug-likeness (QED) is 0.595. The molecule has 31 heavy (non-hydrogen) atoms. The standard InChI is InChI=1S/C23H25ClN6O/c1-2-18-13-22(27-15-26-18)30-10-8-19(9-11-30)28-21-7-6-16(14-25-21)23(31)29-20-5-3-4-17(24)12-20/h3-7,12-15,19H,2,8-11H2,1H3,(H,25,28)(H,29,31). The summed E-state index contributed by atoms with van der Waals surface area (Å²) in [6, 6.07) is 13.1. The van der Waals surface area contributed by atoms with Crippen LogP contribution in [0, 0.1) is 0 Å². The van der Waals surface area contributed by atoms with Gasteiger partial charge in [0.2, 0.25) is 0 Å². The molecule has 2 N–H and O–H groups in total. The van der Waals surface area contributed by atoms with Crippen molar-refractivity contribution in [3.8, 4) is 0 Å². The van der Waals surface area contributed by atoms with E-state index in [1.165, 1.54) is 0 Å². The second-order valence-corrected chi connectivity index (χ2v) is 7.96. The predicted octanol–water partition coefficient (Wildman–Crippen LogP) is 4.42. The van der Waals surface area contributed by atoms with Crippen LogP contribution < -0.4 is 15.5 Å². The molecule has 4 rings (SSSR count). The van der Waals surface area contributed by atoms with Crippen molar-refractivity contribution < 1.29 is 4.79 Å². The summed E-state index contributed by atoms with van der Waals surface area (Å²) < 4.78 is 0. The molecule has 1 saturated heterocycles. The zero-order valence-electron chi connectivity index (χ0n) is 17.4. The van der Waals surface area contributed by atoms with Crippen LogP contribution in [0.15, 0.2) is 55.0 Å². The molecule has 0 atom stereocenters. The number of hydrogen-bond donors (Lipinski definition) is 2. The Hall–Kier alpha value is -3.19. The van der Waals surface area contributed by atoms with E-state index in [0.717, 1.165) is 49.7 Å². The topological polar surface area (TPSA) is 83.0 Å². The second-order valence-electron chi connectivity index (χ2n) is 7.52. The molecule has 0 bridgehead atoms. The third kappa shape index (κ3) is 5.49. The molecule has 0 unspecified atom stereocenters.